The highest BCUT2D eigenvalue weighted by atomic mass is 16.3. The molecular formula is C30H30N4O2-2. The fraction of sp³-hybridized carbons (Fsp3) is 0.333. The van der Waals surface area contributed by atoms with Crippen molar-refractivity contribution in [1.82, 2.24) is 0 Å². The first-order chi connectivity index (χ1) is 17.1. The molecule has 7 rings (SSSR count). The Morgan fingerprint density at radius 2 is 0.944 bits per heavy atom. The summed E-state index contributed by atoms with van der Waals surface area (Å²) >= 11 is 0. The highest BCUT2D eigenvalue weighted by Gasteiger charge is 2.40. The molecule has 6 heteroatoms. The highest BCUT2D eigenvalue weighted by molar-refractivity contribution is 6.06. The number of nitrogens with one attached hydrogen (secondary N) is 4. The second-order valence-corrected chi connectivity index (χ2v) is 11.7. The van der Waals surface area contributed by atoms with E-state index in [-0.39, 0.29) is 11.3 Å². The number of hydrogen-bond acceptors (Lipinski definition) is 6. The molecule has 1 saturated carbocycles. The summed E-state index contributed by atoms with van der Waals surface area (Å²) in [4.78, 5) is 0. The van der Waals surface area contributed by atoms with Crippen molar-refractivity contribution in [2.45, 2.75) is 63.1 Å². The monoisotopic (exact) mass is 478 g/mol. The van der Waals surface area contributed by atoms with E-state index in [0.29, 0.717) is 0 Å². The van der Waals surface area contributed by atoms with Gasteiger partial charge in [-0.15, -0.1) is 12.2 Å². The van der Waals surface area contributed by atoms with Crippen LogP contribution in [0.4, 0.5) is 22.7 Å². The van der Waals surface area contributed by atoms with E-state index in [0.717, 1.165) is 55.4 Å². The van der Waals surface area contributed by atoms with Gasteiger partial charge in [-0.3, -0.25) is 0 Å². The zero-order chi connectivity index (χ0) is 25.0. The summed E-state index contributed by atoms with van der Waals surface area (Å²) < 4.78 is 0. The van der Waals surface area contributed by atoms with Crippen molar-refractivity contribution >= 4 is 44.3 Å². The Labute approximate surface area is 210 Å². The lowest BCUT2D eigenvalue weighted by molar-refractivity contribution is -0.536. The summed E-state index contributed by atoms with van der Waals surface area (Å²) in [6.45, 7) is 8.32. The van der Waals surface area contributed by atoms with E-state index in [1.807, 2.05) is 36.4 Å². The molecule has 0 bridgehead atoms. The first kappa shape index (κ1) is 21.8. The van der Waals surface area contributed by atoms with Crippen LogP contribution in [0, 0.1) is 0 Å². The maximum Gasteiger partial charge on any atom is 0.102 e. The van der Waals surface area contributed by atoms with Crippen LogP contribution >= 0.6 is 0 Å². The lowest BCUT2D eigenvalue weighted by Gasteiger charge is -2.62. The molecule has 0 spiro atoms. The van der Waals surface area contributed by atoms with E-state index in [2.05, 4.69) is 73.2 Å². The van der Waals surface area contributed by atoms with Crippen LogP contribution in [-0.4, -0.2) is 23.5 Å². The maximum absolute atomic E-state index is 13.7. The average Bonchev–Trinajstić information content (AvgIpc) is 2.77. The van der Waals surface area contributed by atoms with Crippen molar-refractivity contribution in [3.8, 4) is 0 Å². The van der Waals surface area contributed by atoms with Crippen LogP contribution in [0.15, 0.2) is 60.7 Å². The van der Waals surface area contributed by atoms with Gasteiger partial charge in [-0.1, -0.05) is 36.4 Å². The molecule has 4 aromatic rings. The SMILES string of the molecule is CC1(C)Nc2cccc3cc(C4C([O-])C(c5cc6c7c(cccc7c5)NC(C)(C)N6)C4[O-])cc(c23)N1. The summed E-state index contributed by atoms with van der Waals surface area (Å²) in [7, 11) is 0. The Bertz CT molecular complexity index is 1430. The van der Waals surface area contributed by atoms with Gasteiger partial charge in [0, 0.05) is 33.5 Å². The fourth-order valence-corrected chi connectivity index (χ4v) is 6.54. The van der Waals surface area contributed by atoms with E-state index in [1.54, 1.807) is 0 Å². The van der Waals surface area contributed by atoms with Crippen LogP contribution in [0.1, 0.15) is 50.7 Å². The van der Waals surface area contributed by atoms with Crippen molar-refractivity contribution < 1.29 is 10.2 Å². The van der Waals surface area contributed by atoms with Gasteiger partial charge in [0.25, 0.3) is 0 Å². The second-order valence-electron chi connectivity index (χ2n) is 11.7. The summed E-state index contributed by atoms with van der Waals surface area (Å²) in [5.74, 6) is -1.13. The van der Waals surface area contributed by atoms with Gasteiger partial charge in [-0.05, 0) is 85.7 Å². The van der Waals surface area contributed by atoms with Crippen molar-refractivity contribution in [3.63, 3.8) is 0 Å². The summed E-state index contributed by atoms with van der Waals surface area (Å²) in [5.41, 5.74) is 5.12. The Balaban J connectivity index is 1.27. The van der Waals surface area contributed by atoms with Crippen LogP contribution in [0.2, 0.25) is 0 Å². The first-order valence-corrected chi connectivity index (χ1v) is 12.7. The predicted octanol–water partition coefficient (Wildman–Crippen LogP) is 4.48. The molecule has 3 aliphatic rings. The largest absolute Gasteiger partial charge is 0.851 e. The van der Waals surface area contributed by atoms with E-state index in [4.69, 9.17) is 0 Å². The normalized spacial score (nSPS) is 26.8. The quantitative estimate of drug-likeness (QED) is 0.339. The Morgan fingerprint density at radius 1 is 0.556 bits per heavy atom. The predicted molar refractivity (Wildman–Crippen MR) is 144 cm³/mol. The van der Waals surface area contributed by atoms with Gasteiger partial charge in [0.15, 0.2) is 0 Å². The standard InChI is InChI=1S/C30H30N4O2/c1-29(2)31-19-9-5-7-15-11-17(13-21(33-29)23(15)19)25-27(35)26(28(25)36)18-12-16-8-6-10-20-24(16)22(14-18)34-30(3,4)32-20/h5-14,25-28,31-34H,1-4H3/q-2. The minimum Gasteiger partial charge on any atom is -0.851 e. The number of rotatable bonds is 2. The number of benzene rings is 4. The van der Waals surface area contributed by atoms with E-state index in [1.165, 1.54) is 0 Å². The molecule has 36 heavy (non-hydrogen) atoms. The molecule has 2 heterocycles. The van der Waals surface area contributed by atoms with Crippen LogP contribution in [-0.2, 0) is 0 Å². The third-order valence-corrected chi connectivity index (χ3v) is 7.97. The van der Waals surface area contributed by atoms with Crippen LogP contribution in [0.3, 0.4) is 0 Å². The summed E-state index contributed by atoms with van der Waals surface area (Å²) in [5, 5.41) is 45.8. The molecule has 0 radical (unpaired) electrons. The third kappa shape index (κ3) is 3.11. The van der Waals surface area contributed by atoms with Crippen molar-refractivity contribution in [2.75, 3.05) is 21.3 Å². The van der Waals surface area contributed by atoms with Gasteiger partial charge in [-0.2, -0.15) is 0 Å². The maximum atomic E-state index is 13.7. The lowest BCUT2D eigenvalue weighted by atomic mass is 9.63. The molecule has 0 amide bonds. The number of hydrogen-bond donors (Lipinski definition) is 4. The zero-order valence-electron chi connectivity index (χ0n) is 20.9. The molecule has 0 atom stereocenters. The van der Waals surface area contributed by atoms with Gasteiger partial charge in [0.2, 0.25) is 0 Å². The molecule has 0 saturated heterocycles. The van der Waals surface area contributed by atoms with E-state index in [9.17, 15) is 10.2 Å². The molecule has 0 aromatic heterocycles. The van der Waals surface area contributed by atoms with Gasteiger partial charge < -0.3 is 31.5 Å². The average molecular weight is 479 g/mol. The summed E-state index contributed by atoms with van der Waals surface area (Å²) in [6, 6.07) is 20.4. The van der Waals surface area contributed by atoms with Crippen LogP contribution in [0.5, 0.6) is 0 Å². The molecule has 1 aliphatic carbocycles. The minimum atomic E-state index is -0.988. The van der Waals surface area contributed by atoms with Gasteiger partial charge in [0.1, 0.15) is 11.3 Å². The van der Waals surface area contributed by atoms with Crippen molar-refractivity contribution in [1.29, 1.82) is 0 Å². The minimum absolute atomic E-state index is 0.323. The fourth-order valence-electron chi connectivity index (χ4n) is 6.54. The molecule has 4 aromatic carbocycles. The Morgan fingerprint density at radius 3 is 1.36 bits per heavy atom. The first-order valence-electron chi connectivity index (χ1n) is 12.7. The molecule has 0 unspecified atom stereocenters. The second kappa shape index (κ2) is 7.05. The highest BCUT2D eigenvalue weighted by Crippen LogP contribution is 2.50. The Kier molecular flexibility index (Phi) is 4.27. The van der Waals surface area contributed by atoms with Crippen LogP contribution in [0.25, 0.3) is 21.5 Å². The van der Waals surface area contributed by atoms with Crippen LogP contribution < -0.4 is 31.5 Å². The molecular weight excluding hydrogens is 448 g/mol. The smallest absolute Gasteiger partial charge is 0.102 e. The molecule has 6 nitrogen and oxygen atoms in total. The lowest BCUT2D eigenvalue weighted by Crippen LogP contribution is -2.63. The summed E-state index contributed by atoms with van der Waals surface area (Å²) in [6.07, 6.45) is -1.98. The van der Waals surface area contributed by atoms with E-state index >= 15 is 0 Å². The van der Waals surface area contributed by atoms with Crippen molar-refractivity contribution in [3.05, 3.63) is 71.8 Å². The molecule has 184 valence electrons. The molecule has 1 fully saturated rings. The van der Waals surface area contributed by atoms with Gasteiger partial charge in [-0.25, -0.2) is 0 Å². The van der Waals surface area contributed by atoms with Gasteiger partial charge >= 0.3 is 0 Å². The third-order valence-electron chi connectivity index (χ3n) is 7.97. The zero-order valence-corrected chi connectivity index (χ0v) is 20.9. The molecule has 4 N–H and O–H groups in total. The molecule has 2 aliphatic heterocycles. The van der Waals surface area contributed by atoms with E-state index < -0.39 is 24.0 Å². The topological polar surface area (TPSA) is 94.2 Å². The van der Waals surface area contributed by atoms with Gasteiger partial charge in [0.05, 0.1) is 0 Å². The Hall–Kier alpha value is -3.48. The number of anilines is 4. The van der Waals surface area contributed by atoms with Crippen molar-refractivity contribution in [2.24, 2.45) is 0 Å².